The number of ether oxygens (including phenoxy) is 1. The highest BCUT2D eigenvalue weighted by Gasteiger charge is 2.36. The quantitative estimate of drug-likeness (QED) is 0.393. The Balaban J connectivity index is 2.00. The van der Waals surface area contributed by atoms with E-state index in [2.05, 4.69) is 10.1 Å². The molecule has 0 aromatic carbocycles. The first-order chi connectivity index (χ1) is 4.74. The van der Waals surface area contributed by atoms with Gasteiger partial charge in [0.05, 0.1) is 6.54 Å². The summed E-state index contributed by atoms with van der Waals surface area (Å²) in [4.78, 5) is 10.5. The number of carbonyl (C=O) groups excluding carboxylic acids is 1. The highest BCUT2D eigenvalue weighted by molar-refractivity contribution is 5.77. The molecule has 1 fully saturated rings. The third-order valence-electron chi connectivity index (χ3n) is 1.24. The Kier molecular flexibility index (Phi) is 2.21. The summed E-state index contributed by atoms with van der Waals surface area (Å²) in [7, 11) is 0. The van der Waals surface area contributed by atoms with E-state index in [1.165, 1.54) is 0 Å². The Morgan fingerprint density at radius 2 is 2.40 bits per heavy atom. The molecule has 0 aromatic rings. The molecular weight excluding hydrogens is 136 g/mol. The molecule has 0 aliphatic carbocycles. The summed E-state index contributed by atoms with van der Waals surface area (Å²) in [5.41, 5.74) is 5.00. The number of carbonyl (C=O) groups is 1. The van der Waals surface area contributed by atoms with Crippen LogP contribution in [0, 0.1) is 0 Å². The van der Waals surface area contributed by atoms with Gasteiger partial charge in [0.25, 0.3) is 0 Å². The number of aliphatic hydroxyl groups excluding tert-OH is 1. The summed E-state index contributed by atoms with van der Waals surface area (Å²) < 4.78 is 4.61. The van der Waals surface area contributed by atoms with Crippen molar-refractivity contribution in [2.45, 2.75) is 12.4 Å². The van der Waals surface area contributed by atoms with Gasteiger partial charge in [0.1, 0.15) is 6.10 Å². The molecule has 0 radical (unpaired) electrons. The third-order valence-corrected chi connectivity index (χ3v) is 1.24. The van der Waals surface area contributed by atoms with Gasteiger partial charge in [-0.15, -0.1) is 0 Å². The second-order valence-electron chi connectivity index (χ2n) is 2.07. The van der Waals surface area contributed by atoms with Crippen LogP contribution in [0.5, 0.6) is 0 Å². The summed E-state index contributed by atoms with van der Waals surface area (Å²) >= 11 is 0. The van der Waals surface area contributed by atoms with Gasteiger partial charge in [0, 0.05) is 6.54 Å². The van der Waals surface area contributed by atoms with E-state index in [0.717, 1.165) is 0 Å². The molecule has 2 unspecified atom stereocenters. The van der Waals surface area contributed by atoms with Gasteiger partial charge in [0.15, 0.2) is 6.29 Å². The lowest BCUT2D eigenvalue weighted by Gasteiger charge is -1.97. The van der Waals surface area contributed by atoms with Gasteiger partial charge in [-0.25, -0.2) is 0 Å². The van der Waals surface area contributed by atoms with Crippen molar-refractivity contribution >= 4 is 5.91 Å². The van der Waals surface area contributed by atoms with Crippen LogP contribution in [0.15, 0.2) is 0 Å². The van der Waals surface area contributed by atoms with Crippen LogP contribution in [0.3, 0.4) is 0 Å². The van der Waals surface area contributed by atoms with Crippen molar-refractivity contribution in [3.63, 3.8) is 0 Å². The van der Waals surface area contributed by atoms with Gasteiger partial charge < -0.3 is 20.9 Å². The van der Waals surface area contributed by atoms with Crippen LogP contribution in [-0.2, 0) is 9.53 Å². The van der Waals surface area contributed by atoms with E-state index in [1.54, 1.807) is 0 Å². The fourth-order valence-corrected chi connectivity index (χ4v) is 0.569. The fraction of sp³-hybridized carbons (Fsp3) is 0.800. The van der Waals surface area contributed by atoms with E-state index in [0.29, 0.717) is 6.54 Å². The molecule has 0 spiro atoms. The minimum Gasteiger partial charge on any atom is -0.366 e. The fourth-order valence-electron chi connectivity index (χ4n) is 0.569. The summed E-state index contributed by atoms with van der Waals surface area (Å²) in [5.74, 6) is -0.234. The van der Waals surface area contributed by atoms with Gasteiger partial charge in [-0.2, -0.15) is 0 Å². The largest absolute Gasteiger partial charge is 0.366 e. The first kappa shape index (κ1) is 7.46. The lowest BCUT2D eigenvalue weighted by Crippen LogP contribution is -2.33. The van der Waals surface area contributed by atoms with Crippen LogP contribution in [-0.4, -0.2) is 36.5 Å². The molecule has 5 nitrogen and oxygen atoms in total. The van der Waals surface area contributed by atoms with E-state index in [4.69, 9.17) is 10.8 Å². The summed E-state index contributed by atoms with van der Waals surface area (Å²) in [6.45, 7) is 0.319. The van der Waals surface area contributed by atoms with Crippen LogP contribution in [0.4, 0.5) is 0 Å². The average Bonchev–Trinajstić information content (AvgIpc) is 2.61. The zero-order chi connectivity index (χ0) is 7.56. The molecule has 5 heteroatoms. The van der Waals surface area contributed by atoms with Crippen molar-refractivity contribution in [2.75, 3.05) is 13.1 Å². The average molecular weight is 146 g/mol. The van der Waals surface area contributed by atoms with Gasteiger partial charge in [0.2, 0.25) is 5.91 Å². The number of amides is 1. The van der Waals surface area contributed by atoms with Crippen molar-refractivity contribution in [3.8, 4) is 0 Å². The lowest BCUT2D eigenvalue weighted by atomic mass is 10.4. The molecule has 58 valence electrons. The molecule has 1 amide bonds. The van der Waals surface area contributed by atoms with Crippen molar-refractivity contribution in [3.05, 3.63) is 0 Å². The maximum Gasteiger partial charge on any atom is 0.233 e. The number of epoxide rings is 1. The van der Waals surface area contributed by atoms with Gasteiger partial charge in [-0.05, 0) is 0 Å². The predicted octanol–water partition coefficient (Wildman–Crippen LogP) is -2.22. The number of hydrogen-bond donors (Lipinski definition) is 3. The minimum atomic E-state index is -0.696. The summed E-state index contributed by atoms with van der Waals surface area (Å²) in [6.07, 6.45) is -0.923. The summed E-state index contributed by atoms with van der Waals surface area (Å²) in [6, 6.07) is 0. The molecule has 1 heterocycles. The number of hydrogen-bond acceptors (Lipinski definition) is 4. The molecular formula is C5H10N2O3. The Morgan fingerprint density at radius 1 is 1.80 bits per heavy atom. The van der Waals surface area contributed by atoms with Crippen molar-refractivity contribution in [1.82, 2.24) is 5.32 Å². The van der Waals surface area contributed by atoms with E-state index < -0.39 is 6.29 Å². The van der Waals surface area contributed by atoms with Crippen LogP contribution in [0.1, 0.15) is 0 Å². The van der Waals surface area contributed by atoms with Crippen LogP contribution in [0.25, 0.3) is 0 Å². The minimum absolute atomic E-state index is 0.0250. The smallest absolute Gasteiger partial charge is 0.233 e. The molecule has 2 atom stereocenters. The van der Waals surface area contributed by atoms with Gasteiger partial charge in [-0.1, -0.05) is 0 Å². The van der Waals surface area contributed by atoms with Crippen LogP contribution >= 0.6 is 0 Å². The molecule has 0 saturated carbocycles. The van der Waals surface area contributed by atoms with Crippen molar-refractivity contribution in [2.24, 2.45) is 5.73 Å². The van der Waals surface area contributed by atoms with E-state index >= 15 is 0 Å². The first-order valence-electron chi connectivity index (χ1n) is 3.04. The monoisotopic (exact) mass is 146 g/mol. The van der Waals surface area contributed by atoms with E-state index in [-0.39, 0.29) is 18.6 Å². The Hall–Kier alpha value is -0.650. The second kappa shape index (κ2) is 2.96. The van der Waals surface area contributed by atoms with Gasteiger partial charge in [-0.3, -0.25) is 4.79 Å². The van der Waals surface area contributed by atoms with Gasteiger partial charge >= 0.3 is 0 Å². The maximum absolute atomic E-state index is 10.5. The molecule has 1 saturated heterocycles. The molecule has 1 rings (SSSR count). The molecule has 4 N–H and O–H groups in total. The normalized spacial score (nSPS) is 29.8. The zero-order valence-electron chi connectivity index (χ0n) is 5.41. The standard InChI is InChI=1S/C5H10N2O3/c6-1-4(8)7-2-3-5(9)10-3/h3,5,9H,1-2,6H2,(H,7,8). The Morgan fingerprint density at radius 3 is 2.80 bits per heavy atom. The van der Waals surface area contributed by atoms with Crippen molar-refractivity contribution < 1.29 is 14.6 Å². The highest BCUT2D eigenvalue weighted by atomic mass is 16.7. The number of nitrogens with two attached hydrogens (primary N) is 1. The number of nitrogens with one attached hydrogen (secondary N) is 1. The SMILES string of the molecule is NCC(=O)NCC1OC1O. The predicted molar refractivity (Wildman–Crippen MR) is 32.9 cm³/mol. The molecule has 1 aliphatic heterocycles. The zero-order valence-corrected chi connectivity index (χ0v) is 5.41. The molecule has 0 aromatic heterocycles. The Bertz CT molecular complexity index is 139. The van der Waals surface area contributed by atoms with E-state index in [1.807, 2.05) is 0 Å². The second-order valence-corrected chi connectivity index (χ2v) is 2.07. The third kappa shape index (κ3) is 1.94. The Labute approximate surface area is 58.2 Å². The van der Waals surface area contributed by atoms with Crippen LogP contribution < -0.4 is 11.1 Å². The highest BCUT2D eigenvalue weighted by Crippen LogP contribution is 2.16. The number of aliphatic hydroxyl groups is 1. The van der Waals surface area contributed by atoms with Crippen molar-refractivity contribution in [1.29, 1.82) is 0 Å². The van der Waals surface area contributed by atoms with Crippen LogP contribution in [0.2, 0.25) is 0 Å². The lowest BCUT2D eigenvalue weighted by molar-refractivity contribution is -0.119. The molecule has 0 bridgehead atoms. The first-order valence-corrected chi connectivity index (χ1v) is 3.04. The topological polar surface area (TPSA) is 87.9 Å². The maximum atomic E-state index is 10.5. The van der Waals surface area contributed by atoms with E-state index in [9.17, 15) is 4.79 Å². The molecule has 10 heavy (non-hydrogen) atoms. The number of rotatable bonds is 3. The summed E-state index contributed by atoms with van der Waals surface area (Å²) in [5, 5.41) is 11.1. The molecule has 1 aliphatic rings.